The Morgan fingerprint density at radius 2 is 2.06 bits per heavy atom. The molecular weight excluding hydrogens is 392 g/mol. The summed E-state index contributed by atoms with van der Waals surface area (Å²) >= 11 is 0. The van der Waals surface area contributed by atoms with Gasteiger partial charge in [0.25, 0.3) is 5.91 Å². The van der Waals surface area contributed by atoms with Gasteiger partial charge in [-0.15, -0.1) is 0 Å². The van der Waals surface area contributed by atoms with Crippen LogP contribution in [0.15, 0.2) is 48.9 Å². The van der Waals surface area contributed by atoms with Crippen molar-refractivity contribution in [3.63, 3.8) is 0 Å². The minimum absolute atomic E-state index is 0.0610. The molecule has 31 heavy (non-hydrogen) atoms. The van der Waals surface area contributed by atoms with Crippen molar-refractivity contribution in [2.24, 2.45) is 0 Å². The Morgan fingerprint density at radius 3 is 2.90 bits per heavy atom. The maximum atomic E-state index is 12.8. The van der Waals surface area contributed by atoms with Gasteiger partial charge in [-0.3, -0.25) is 9.89 Å². The molecule has 1 atom stereocenters. The van der Waals surface area contributed by atoms with Crippen molar-refractivity contribution in [1.82, 2.24) is 25.5 Å². The Kier molecular flexibility index (Phi) is 5.62. The molecule has 4 heterocycles. The summed E-state index contributed by atoms with van der Waals surface area (Å²) in [6, 6.07) is 9.69. The number of aromatic amines is 1. The number of H-pyrrole nitrogens is 1. The van der Waals surface area contributed by atoms with E-state index in [0.29, 0.717) is 18.0 Å². The van der Waals surface area contributed by atoms with Crippen LogP contribution in [0, 0.1) is 0 Å². The predicted octanol–water partition coefficient (Wildman–Crippen LogP) is 2.77. The molecule has 0 bridgehead atoms. The summed E-state index contributed by atoms with van der Waals surface area (Å²) in [7, 11) is 0. The number of hydrogen-bond acceptors (Lipinski definition) is 6. The number of nitrogens with one attached hydrogen (secondary N) is 2. The molecule has 2 aliphatic rings. The lowest BCUT2D eigenvalue weighted by Gasteiger charge is -2.23. The molecule has 8 nitrogen and oxygen atoms in total. The van der Waals surface area contributed by atoms with Crippen LogP contribution in [-0.4, -0.2) is 58.4 Å². The zero-order valence-electron chi connectivity index (χ0n) is 17.3. The van der Waals surface area contributed by atoms with E-state index in [2.05, 4.69) is 25.4 Å². The van der Waals surface area contributed by atoms with E-state index in [1.54, 1.807) is 6.20 Å². The molecule has 2 N–H and O–H groups in total. The molecular formula is C23H26N6O2. The second-order valence-corrected chi connectivity index (χ2v) is 8.14. The summed E-state index contributed by atoms with van der Waals surface area (Å²) < 4.78 is 5.47. The van der Waals surface area contributed by atoms with Crippen LogP contribution in [0.25, 0.3) is 11.1 Å². The fourth-order valence-corrected chi connectivity index (χ4v) is 4.31. The molecule has 0 spiro atoms. The molecule has 0 saturated carbocycles. The van der Waals surface area contributed by atoms with Gasteiger partial charge in [-0.2, -0.15) is 5.10 Å². The summed E-state index contributed by atoms with van der Waals surface area (Å²) in [5.74, 6) is 1.13. The number of carbonyl (C=O) groups excluding carboxylic acids is 1. The van der Waals surface area contributed by atoms with E-state index in [0.717, 1.165) is 61.8 Å². The van der Waals surface area contributed by atoms with Crippen molar-refractivity contribution < 1.29 is 9.53 Å². The van der Waals surface area contributed by atoms with E-state index in [1.165, 1.54) is 0 Å². The van der Waals surface area contributed by atoms with Crippen LogP contribution < -0.4 is 10.2 Å². The number of benzene rings is 1. The van der Waals surface area contributed by atoms with Gasteiger partial charge in [0.05, 0.1) is 6.20 Å². The van der Waals surface area contributed by atoms with Crippen LogP contribution in [0.3, 0.4) is 0 Å². The highest BCUT2D eigenvalue weighted by Gasteiger charge is 2.27. The van der Waals surface area contributed by atoms with Gasteiger partial charge in [0.2, 0.25) is 5.95 Å². The summed E-state index contributed by atoms with van der Waals surface area (Å²) in [5, 5.41) is 9.96. The molecule has 1 aromatic carbocycles. The highest BCUT2D eigenvalue weighted by Crippen LogP contribution is 2.27. The lowest BCUT2D eigenvalue weighted by atomic mass is 9.96. The normalized spacial score (nSPS) is 19.5. The second kappa shape index (κ2) is 8.85. The van der Waals surface area contributed by atoms with Crippen molar-refractivity contribution >= 4 is 11.9 Å². The number of rotatable bonds is 5. The van der Waals surface area contributed by atoms with Crippen LogP contribution in [0.4, 0.5) is 5.95 Å². The van der Waals surface area contributed by atoms with Crippen molar-refractivity contribution in [2.45, 2.75) is 31.2 Å². The minimum atomic E-state index is -0.0610. The van der Waals surface area contributed by atoms with Crippen molar-refractivity contribution in [1.29, 1.82) is 0 Å². The Morgan fingerprint density at radius 1 is 1.16 bits per heavy atom. The predicted molar refractivity (Wildman–Crippen MR) is 117 cm³/mol. The molecule has 0 radical (unpaired) electrons. The molecule has 8 heteroatoms. The number of nitrogens with zero attached hydrogens (tertiary/aromatic N) is 4. The monoisotopic (exact) mass is 418 g/mol. The highest BCUT2D eigenvalue weighted by molar-refractivity contribution is 5.95. The SMILES string of the molecule is O=C(NC1CCN(c2nccc(C3CCOCC3)n2)C1)c1cccc(-c2cn[nH]c2)c1. The third kappa shape index (κ3) is 4.44. The van der Waals surface area contributed by atoms with E-state index >= 15 is 0 Å². The lowest BCUT2D eigenvalue weighted by Crippen LogP contribution is -2.37. The van der Waals surface area contributed by atoms with E-state index in [-0.39, 0.29) is 11.9 Å². The van der Waals surface area contributed by atoms with Gasteiger partial charge in [-0.05, 0) is 43.0 Å². The maximum Gasteiger partial charge on any atom is 0.251 e. The van der Waals surface area contributed by atoms with Gasteiger partial charge in [0.15, 0.2) is 0 Å². The van der Waals surface area contributed by atoms with Crippen LogP contribution in [0.2, 0.25) is 0 Å². The number of carbonyl (C=O) groups is 1. The van der Waals surface area contributed by atoms with Gasteiger partial charge in [-0.25, -0.2) is 9.97 Å². The maximum absolute atomic E-state index is 12.8. The summed E-state index contributed by atoms with van der Waals surface area (Å²) in [4.78, 5) is 24.3. The highest BCUT2D eigenvalue weighted by atomic mass is 16.5. The van der Waals surface area contributed by atoms with Gasteiger partial charge < -0.3 is 15.0 Å². The number of hydrogen-bond donors (Lipinski definition) is 2. The van der Waals surface area contributed by atoms with Crippen LogP contribution in [0.5, 0.6) is 0 Å². The molecule has 1 amide bonds. The third-order valence-corrected chi connectivity index (χ3v) is 6.07. The van der Waals surface area contributed by atoms with E-state index in [4.69, 9.17) is 9.72 Å². The number of anilines is 1. The fraction of sp³-hybridized carbons (Fsp3) is 0.391. The Labute approximate surface area is 181 Å². The van der Waals surface area contributed by atoms with Crippen molar-refractivity contribution in [3.8, 4) is 11.1 Å². The number of amides is 1. The molecule has 0 aliphatic carbocycles. The van der Waals surface area contributed by atoms with Gasteiger partial charge in [0.1, 0.15) is 0 Å². The van der Waals surface area contributed by atoms with Crippen LogP contribution in [-0.2, 0) is 4.74 Å². The number of aromatic nitrogens is 4. The smallest absolute Gasteiger partial charge is 0.251 e. The molecule has 3 aromatic rings. The second-order valence-electron chi connectivity index (χ2n) is 8.14. The first kappa shape index (κ1) is 19.7. The average molecular weight is 419 g/mol. The number of ether oxygens (including phenoxy) is 1. The molecule has 2 saturated heterocycles. The molecule has 2 aromatic heterocycles. The summed E-state index contributed by atoms with van der Waals surface area (Å²) in [6.45, 7) is 3.13. The topological polar surface area (TPSA) is 96.0 Å². The van der Waals surface area contributed by atoms with E-state index < -0.39 is 0 Å². The van der Waals surface area contributed by atoms with Crippen molar-refractivity contribution in [2.75, 3.05) is 31.2 Å². The zero-order valence-corrected chi connectivity index (χ0v) is 17.3. The Hall–Kier alpha value is -3.26. The largest absolute Gasteiger partial charge is 0.381 e. The molecule has 160 valence electrons. The molecule has 2 aliphatic heterocycles. The van der Waals surface area contributed by atoms with Crippen LogP contribution in [0.1, 0.15) is 41.2 Å². The van der Waals surface area contributed by atoms with Gasteiger partial charge in [0, 0.05) is 67.5 Å². The lowest BCUT2D eigenvalue weighted by molar-refractivity contribution is 0.0845. The third-order valence-electron chi connectivity index (χ3n) is 6.07. The average Bonchev–Trinajstić information content (AvgIpc) is 3.53. The zero-order chi connectivity index (χ0) is 21.0. The van der Waals surface area contributed by atoms with Gasteiger partial charge in [-0.1, -0.05) is 12.1 Å². The molecule has 2 fully saturated rings. The standard InChI is InChI=1S/C23H26N6O2/c30-22(18-3-1-2-17(12-18)19-13-25-26-14-19)27-20-5-9-29(15-20)23-24-8-4-21(28-23)16-6-10-31-11-7-16/h1-4,8,12-14,16,20H,5-7,9-11,15H2,(H,25,26)(H,27,30). The van der Waals surface area contributed by atoms with E-state index in [1.807, 2.05) is 42.7 Å². The molecule has 1 unspecified atom stereocenters. The first-order chi connectivity index (χ1) is 15.3. The first-order valence-electron chi connectivity index (χ1n) is 10.8. The van der Waals surface area contributed by atoms with Gasteiger partial charge >= 0.3 is 0 Å². The van der Waals surface area contributed by atoms with Crippen molar-refractivity contribution in [3.05, 3.63) is 60.2 Å². The Bertz CT molecular complexity index is 1030. The first-order valence-corrected chi connectivity index (χ1v) is 10.8. The fourth-order valence-electron chi connectivity index (χ4n) is 4.31. The summed E-state index contributed by atoms with van der Waals surface area (Å²) in [6.07, 6.45) is 8.30. The summed E-state index contributed by atoms with van der Waals surface area (Å²) in [5.41, 5.74) is 3.67. The Balaban J connectivity index is 1.22. The quantitative estimate of drug-likeness (QED) is 0.662. The molecule has 5 rings (SSSR count). The van der Waals surface area contributed by atoms with Crippen LogP contribution >= 0.6 is 0 Å². The minimum Gasteiger partial charge on any atom is -0.381 e. The van der Waals surface area contributed by atoms with E-state index in [9.17, 15) is 4.79 Å².